The molecule has 3 heteroatoms. The number of nitrogens with one attached hydrogen (secondary N) is 1. The van der Waals surface area contributed by atoms with E-state index in [2.05, 4.69) is 47.3 Å². The molecular formula is C16H21N3. The average molecular weight is 255 g/mol. The lowest BCUT2D eigenvalue weighted by Crippen LogP contribution is -2.22. The molecule has 0 radical (unpaired) electrons. The van der Waals surface area contributed by atoms with Crippen LogP contribution in [0.3, 0.4) is 0 Å². The van der Waals surface area contributed by atoms with Crippen molar-refractivity contribution in [2.75, 3.05) is 7.05 Å². The van der Waals surface area contributed by atoms with Gasteiger partial charge in [0.05, 0.1) is 6.04 Å². The Balaban J connectivity index is 2.26. The summed E-state index contributed by atoms with van der Waals surface area (Å²) in [6.07, 6.45) is 4.66. The van der Waals surface area contributed by atoms with E-state index >= 15 is 0 Å². The number of aryl methyl sites for hydroxylation is 3. The maximum Gasteiger partial charge on any atom is 0.145 e. The van der Waals surface area contributed by atoms with E-state index in [1.807, 2.05) is 26.4 Å². The van der Waals surface area contributed by atoms with E-state index in [9.17, 15) is 0 Å². The molecule has 3 nitrogen and oxygen atoms in total. The van der Waals surface area contributed by atoms with Crippen molar-refractivity contribution >= 4 is 0 Å². The summed E-state index contributed by atoms with van der Waals surface area (Å²) in [4.78, 5) is 8.86. The van der Waals surface area contributed by atoms with Crippen LogP contribution in [0.1, 0.15) is 34.1 Å². The molecular weight excluding hydrogens is 234 g/mol. The standard InChI is InChI=1S/C16H21N3/c1-11-9-18-16(19-10-11)15(17-4)8-14-12(2)6-5-7-13(14)3/h5-7,9-10,15,17H,8H2,1-4H3. The minimum absolute atomic E-state index is 0.153. The Morgan fingerprint density at radius 1 is 1.05 bits per heavy atom. The fraction of sp³-hybridized carbons (Fsp3) is 0.375. The van der Waals surface area contributed by atoms with Crippen molar-refractivity contribution in [1.82, 2.24) is 15.3 Å². The number of hydrogen-bond acceptors (Lipinski definition) is 3. The lowest BCUT2D eigenvalue weighted by Gasteiger charge is -2.18. The average Bonchev–Trinajstić information content (AvgIpc) is 2.40. The molecule has 1 aromatic carbocycles. The van der Waals surface area contributed by atoms with Crippen LogP contribution < -0.4 is 5.32 Å². The second-order valence-corrected chi connectivity index (χ2v) is 5.03. The summed E-state index contributed by atoms with van der Waals surface area (Å²) in [7, 11) is 1.96. The molecule has 0 aliphatic carbocycles. The first kappa shape index (κ1) is 13.7. The highest BCUT2D eigenvalue weighted by atomic mass is 15.0. The molecule has 1 unspecified atom stereocenters. The Hall–Kier alpha value is -1.74. The first-order valence-electron chi connectivity index (χ1n) is 6.62. The largest absolute Gasteiger partial charge is 0.310 e. The van der Waals surface area contributed by atoms with Gasteiger partial charge in [-0.05, 0) is 56.5 Å². The maximum atomic E-state index is 4.43. The summed E-state index contributed by atoms with van der Waals surface area (Å²) in [5.41, 5.74) is 5.12. The molecule has 0 saturated heterocycles. The van der Waals surface area contributed by atoms with E-state index in [1.54, 1.807) is 0 Å². The first-order chi connectivity index (χ1) is 9.11. The highest BCUT2D eigenvalue weighted by molar-refractivity contribution is 5.34. The molecule has 1 atom stereocenters. The first-order valence-corrected chi connectivity index (χ1v) is 6.62. The van der Waals surface area contributed by atoms with Crippen molar-refractivity contribution < 1.29 is 0 Å². The number of nitrogens with zero attached hydrogens (tertiary/aromatic N) is 2. The SMILES string of the molecule is CNC(Cc1c(C)cccc1C)c1ncc(C)cn1. The molecule has 100 valence electrons. The maximum absolute atomic E-state index is 4.43. The number of likely N-dealkylation sites (N-methyl/N-ethyl adjacent to an activating group) is 1. The zero-order valence-corrected chi connectivity index (χ0v) is 12.1. The lowest BCUT2D eigenvalue weighted by atomic mass is 9.96. The zero-order chi connectivity index (χ0) is 13.8. The Morgan fingerprint density at radius 2 is 1.63 bits per heavy atom. The molecule has 0 amide bonds. The third-order valence-corrected chi connectivity index (χ3v) is 3.51. The van der Waals surface area contributed by atoms with Crippen LogP contribution in [0.5, 0.6) is 0 Å². The van der Waals surface area contributed by atoms with E-state index in [1.165, 1.54) is 16.7 Å². The molecule has 0 saturated carbocycles. The fourth-order valence-electron chi connectivity index (χ4n) is 2.28. The van der Waals surface area contributed by atoms with Crippen molar-refractivity contribution in [3.05, 3.63) is 58.7 Å². The van der Waals surface area contributed by atoms with Crippen LogP contribution in [-0.2, 0) is 6.42 Å². The molecule has 0 spiro atoms. The van der Waals surface area contributed by atoms with E-state index < -0.39 is 0 Å². The van der Waals surface area contributed by atoms with Crippen LogP contribution in [0.15, 0.2) is 30.6 Å². The molecule has 0 bridgehead atoms. The van der Waals surface area contributed by atoms with E-state index in [-0.39, 0.29) is 6.04 Å². The fourth-order valence-corrected chi connectivity index (χ4v) is 2.28. The van der Waals surface area contributed by atoms with Gasteiger partial charge in [0.25, 0.3) is 0 Å². The third-order valence-electron chi connectivity index (χ3n) is 3.51. The van der Waals surface area contributed by atoms with Crippen molar-refractivity contribution in [3.8, 4) is 0 Å². The van der Waals surface area contributed by atoms with Crippen molar-refractivity contribution in [1.29, 1.82) is 0 Å². The minimum atomic E-state index is 0.153. The number of hydrogen-bond donors (Lipinski definition) is 1. The van der Waals surface area contributed by atoms with Crippen LogP contribution in [0.2, 0.25) is 0 Å². The zero-order valence-electron chi connectivity index (χ0n) is 12.1. The molecule has 0 fully saturated rings. The summed E-state index contributed by atoms with van der Waals surface area (Å²) in [6.45, 7) is 6.32. The smallest absolute Gasteiger partial charge is 0.145 e. The van der Waals surface area contributed by atoms with Gasteiger partial charge in [-0.2, -0.15) is 0 Å². The number of benzene rings is 1. The summed E-state index contributed by atoms with van der Waals surface area (Å²) in [6, 6.07) is 6.57. The highest BCUT2D eigenvalue weighted by Gasteiger charge is 2.15. The monoisotopic (exact) mass is 255 g/mol. The summed E-state index contributed by atoms with van der Waals surface area (Å²) in [5.74, 6) is 0.857. The number of aromatic nitrogens is 2. The van der Waals surface area contributed by atoms with E-state index in [4.69, 9.17) is 0 Å². The molecule has 0 aliphatic rings. The van der Waals surface area contributed by atoms with Gasteiger partial charge in [-0.1, -0.05) is 18.2 Å². The van der Waals surface area contributed by atoms with Gasteiger partial charge in [0.2, 0.25) is 0 Å². The van der Waals surface area contributed by atoms with Gasteiger partial charge in [0.1, 0.15) is 5.82 Å². The summed E-state index contributed by atoms with van der Waals surface area (Å²) >= 11 is 0. The van der Waals surface area contributed by atoms with Gasteiger partial charge in [-0.3, -0.25) is 0 Å². The van der Waals surface area contributed by atoms with Gasteiger partial charge in [0, 0.05) is 12.4 Å². The van der Waals surface area contributed by atoms with Gasteiger partial charge in [-0.25, -0.2) is 9.97 Å². The Morgan fingerprint density at radius 3 is 2.16 bits per heavy atom. The third kappa shape index (κ3) is 3.18. The Labute approximate surface area is 115 Å². The highest BCUT2D eigenvalue weighted by Crippen LogP contribution is 2.20. The second-order valence-electron chi connectivity index (χ2n) is 5.03. The topological polar surface area (TPSA) is 37.8 Å². The molecule has 2 rings (SSSR count). The minimum Gasteiger partial charge on any atom is -0.310 e. The normalized spacial score (nSPS) is 12.4. The van der Waals surface area contributed by atoms with Crippen LogP contribution in [0, 0.1) is 20.8 Å². The van der Waals surface area contributed by atoms with Crippen molar-refractivity contribution in [2.24, 2.45) is 0 Å². The van der Waals surface area contributed by atoms with Gasteiger partial charge >= 0.3 is 0 Å². The number of rotatable bonds is 4. The summed E-state index contributed by atoms with van der Waals surface area (Å²) < 4.78 is 0. The van der Waals surface area contributed by atoms with Crippen LogP contribution in [0.25, 0.3) is 0 Å². The van der Waals surface area contributed by atoms with Crippen LogP contribution in [0.4, 0.5) is 0 Å². The van der Waals surface area contributed by atoms with E-state index in [0.717, 1.165) is 17.8 Å². The van der Waals surface area contributed by atoms with Gasteiger partial charge < -0.3 is 5.32 Å². The molecule has 2 aromatic rings. The summed E-state index contributed by atoms with van der Waals surface area (Å²) in [5, 5.41) is 3.32. The van der Waals surface area contributed by atoms with E-state index in [0.29, 0.717) is 0 Å². The molecule has 19 heavy (non-hydrogen) atoms. The Bertz CT molecular complexity index is 526. The molecule has 1 N–H and O–H groups in total. The lowest BCUT2D eigenvalue weighted by molar-refractivity contribution is 0.554. The van der Waals surface area contributed by atoms with Crippen LogP contribution in [-0.4, -0.2) is 17.0 Å². The second kappa shape index (κ2) is 5.93. The van der Waals surface area contributed by atoms with Crippen molar-refractivity contribution in [3.63, 3.8) is 0 Å². The predicted molar refractivity (Wildman–Crippen MR) is 78.2 cm³/mol. The van der Waals surface area contributed by atoms with Gasteiger partial charge in [0.15, 0.2) is 0 Å². The Kier molecular flexibility index (Phi) is 4.27. The van der Waals surface area contributed by atoms with Gasteiger partial charge in [-0.15, -0.1) is 0 Å². The molecule has 1 heterocycles. The molecule has 0 aliphatic heterocycles. The molecule has 1 aromatic heterocycles. The van der Waals surface area contributed by atoms with Crippen molar-refractivity contribution in [2.45, 2.75) is 33.2 Å². The quantitative estimate of drug-likeness (QED) is 0.913. The van der Waals surface area contributed by atoms with Crippen LogP contribution >= 0.6 is 0 Å². The predicted octanol–water partition coefficient (Wildman–Crippen LogP) is 2.91.